The normalized spacial score (nSPS) is 18.1. The lowest BCUT2D eigenvalue weighted by Crippen LogP contribution is -2.71. The van der Waals surface area contributed by atoms with Crippen molar-refractivity contribution in [3.8, 4) is 0 Å². The molecule has 2 rings (SSSR count). The monoisotopic (exact) mass is 237 g/mol. The van der Waals surface area contributed by atoms with Crippen LogP contribution in [0.2, 0.25) is 0 Å². The molecule has 5 heteroatoms. The minimum atomic E-state index is -0.444. The second-order valence-corrected chi connectivity index (χ2v) is 4.91. The molecule has 4 nitrogen and oxygen atoms in total. The minimum Gasteiger partial charge on any atom is -0.333 e. The van der Waals surface area contributed by atoms with Crippen molar-refractivity contribution in [1.29, 1.82) is 0 Å². The van der Waals surface area contributed by atoms with Crippen LogP contribution in [0, 0.1) is 11.7 Å². The Bertz CT molecular complexity index is 424. The van der Waals surface area contributed by atoms with Gasteiger partial charge in [-0.05, 0) is 18.1 Å². The summed E-state index contributed by atoms with van der Waals surface area (Å²) in [5.41, 5.74) is 6.07. The van der Waals surface area contributed by atoms with Crippen molar-refractivity contribution in [2.45, 2.75) is 19.4 Å². The maximum Gasteiger partial charge on any atom is 0.272 e. The molecule has 0 spiro atoms. The van der Waals surface area contributed by atoms with Crippen LogP contribution in [0.3, 0.4) is 0 Å². The summed E-state index contributed by atoms with van der Waals surface area (Å²) in [7, 11) is 0. The van der Waals surface area contributed by atoms with Gasteiger partial charge in [-0.2, -0.15) is 0 Å². The zero-order valence-corrected chi connectivity index (χ0v) is 9.98. The predicted molar refractivity (Wildman–Crippen MR) is 61.9 cm³/mol. The Labute approximate surface area is 99.6 Å². The number of rotatable bonds is 2. The van der Waals surface area contributed by atoms with E-state index in [1.54, 1.807) is 4.90 Å². The van der Waals surface area contributed by atoms with E-state index in [0.29, 0.717) is 19.0 Å². The van der Waals surface area contributed by atoms with Crippen LogP contribution in [0.5, 0.6) is 0 Å². The predicted octanol–water partition coefficient (Wildman–Crippen LogP) is 1.03. The van der Waals surface area contributed by atoms with Crippen LogP contribution >= 0.6 is 0 Å². The molecule has 92 valence electrons. The fourth-order valence-corrected chi connectivity index (χ4v) is 1.84. The summed E-state index contributed by atoms with van der Waals surface area (Å²) in [4.78, 5) is 17.3. The second-order valence-electron chi connectivity index (χ2n) is 4.91. The van der Waals surface area contributed by atoms with Crippen LogP contribution in [0.25, 0.3) is 0 Å². The van der Waals surface area contributed by atoms with E-state index in [4.69, 9.17) is 5.73 Å². The van der Waals surface area contributed by atoms with Crippen LogP contribution in [-0.2, 0) is 0 Å². The molecular weight excluding hydrogens is 221 g/mol. The number of carbonyl (C=O) groups excluding carboxylic acids is 1. The van der Waals surface area contributed by atoms with Crippen LogP contribution in [0.1, 0.15) is 24.3 Å². The van der Waals surface area contributed by atoms with Crippen LogP contribution < -0.4 is 5.73 Å². The molecule has 17 heavy (non-hydrogen) atoms. The highest BCUT2D eigenvalue weighted by Crippen LogP contribution is 2.27. The highest BCUT2D eigenvalue weighted by molar-refractivity contribution is 5.93. The highest BCUT2D eigenvalue weighted by atomic mass is 19.1. The Morgan fingerprint density at radius 1 is 1.53 bits per heavy atom. The summed E-state index contributed by atoms with van der Waals surface area (Å²) in [5, 5.41) is 0. The summed E-state index contributed by atoms with van der Waals surface area (Å²) >= 11 is 0. The summed E-state index contributed by atoms with van der Waals surface area (Å²) in [6, 6.07) is 2.63. The standard InChI is InChI=1S/C12H16FN3O/c1-8(2)12(14)6-16(7-12)11(17)10-4-3-9(13)5-15-10/h3-5,8H,6-7,14H2,1-2H3. The Hall–Kier alpha value is -1.49. The van der Waals surface area contributed by atoms with Crippen molar-refractivity contribution < 1.29 is 9.18 Å². The molecule has 0 unspecified atom stereocenters. The second kappa shape index (κ2) is 4.07. The average molecular weight is 237 g/mol. The number of amides is 1. The number of carbonyl (C=O) groups is 1. The molecule has 1 saturated heterocycles. The number of likely N-dealkylation sites (tertiary alicyclic amines) is 1. The third-order valence-corrected chi connectivity index (χ3v) is 3.35. The van der Waals surface area contributed by atoms with Gasteiger partial charge < -0.3 is 10.6 Å². The fourth-order valence-electron chi connectivity index (χ4n) is 1.84. The lowest BCUT2D eigenvalue weighted by atomic mass is 9.80. The number of aromatic nitrogens is 1. The SMILES string of the molecule is CC(C)C1(N)CN(C(=O)c2ccc(F)cn2)C1. The zero-order chi connectivity index (χ0) is 12.6. The Balaban J connectivity index is 2.02. The summed E-state index contributed by atoms with van der Waals surface area (Å²) in [6.07, 6.45) is 1.05. The van der Waals surface area contributed by atoms with Gasteiger partial charge in [-0.15, -0.1) is 0 Å². The maximum absolute atomic E-state index is 12.7. The van der Waals surface area contributed by atoms with Gasteiger partial charge in [-0.1, -0.05) is 13.8 Å². The van der Waals surface area contributed by atoms with Crippen molar-refractivity contribution >= 4 is 5.91 Å². The van der Waals surface area contributed by atoms with Gasteiger partial charge in [0.1, 0.15) is 11.5 Å². The van der Waals surface area contributed by atoms with E-state index in [2.05, 4.69) is 4.98 Å². The molecule has 2 N–H and O–H groups in total. The van der Waals surface area contributed by atoms with Crippen molar-refractivity contribution in [2.24, 2.45) is 11.7 Å². The smallest absolute Gasteiger partial charge is 0.272 e. The Kier molecular flexibility index (Phi) is 2.87. The summed E-state index contributed by atoms with van der Waals surface area (Å²) in [6.45, 7) is 5.14. The van der Waals surface area contributed by atoms with Crippen molar-refractivity contribution in [3.05, 3.63) is 29.8 Å². The van der Waals surface area contributed by atoms with E-state index in [0.717, 1.165) is 6.20 Å². The van der Waals surface area contributed by atoms with Gasteiger partial charge in [-0.3, -0.25) is 4.79 Å². The lowest BCUT2D eigenvalue weighted by Gasteiger charge is -2.50. The number of halogens is 1. The molecule has 0 atom stereocenters. The molecule has 0 saturated carbocycles. The van der Waals surface area contributed by atoms with Gasteiger partial charge in [0.25, 0.3) is 5.91 Å². The third-order valence-electron chi connectivity index (χ3n) is 3.35. The number of pyridine rings is 1. The molecule has 0 radical (unpaired) electrons. The molecule has 1 fully saturated rings. The van der Waals surface area contributed by atoms with Crippen molar-refractivity contribution in [1.82, 2.24) is 9.88 Å². The summed E-state index contributed by atoms with van der Waals surface area (Å²) in [5.74, 6) is -0.306. The lowest BCUT2D eigenvalue weighted by molar-refractivity contribution is 0.0269. The molecule has 1 aromatic heterocycles. The minimum absolute atomic E-state index is 0.188. The number of nitrogens with two attached hydrogens (primary N) is 1. The first-order valence-corrected chi connectivity index (χ1v) is 5.62. The third kappa shape index (κ3) is 2.15. The Morgan fingerprint density at radius 2 is 2.18 bits per heavy atom. The quantitative estimate of drug-likeness (QED) is 0.835. The van der Waals surface area contributed by atoms with Gasteiger partial charge in [-0.25, -0.2) is 9.37 Å². The summed E-state index contributed by atoms with van der Waals surface area (Å²) < 4.78 is 12.7. The molecule has 1 amide bonds. The van der Waals surface area contributed by atoms with Gasteiger partial charge in [0.15, 0.2) is 0 Å². The molecule has 0 aliphatic carbocycles. The van der Waals surface area contributed by atoms with Crippen LogP contribution in [0.15, 0.2) is 18.3 Å². The van der Waals surface area contributed by atoms with Crippen molar-refractivity contribution in [2.75, 3.05) is 13.1 Å². The van der Waals surface area contributed by atoms with E-state index >= 15 is 0 Å². The number of nitrogens with zero attached hydrogens (tertiary/aromatic N) is 2. The fraction of sp³-hybridized carbons (Fsp3) is 0.500. The number of hydrogen-bond donors (Lipinski definition) is 1. The molecular formula is C12H16FN3O. The maximum atomic E-state index is 12.7. The first-order chi connectivity index (χ1) is 7.92. The average Bonchev–Trinajstić information content (AvgIpc) is 2.24. The van der Waals surface area contributed by atoms with Gasteiger partial charge >= 0.3 is 0 Å². The zero-order valence-electron chi connectivity index (χ0n) is 9.98. The van der Waals surface area contributed by atoms with Crippen LogP contribution in [0.4, 0.5) is 4.39 Å². The van der Waals surface area contributed by atoms with Crippen LogP contribution in [-0.4, -0.2) is 34.4 Å². The molecule has 0 bridgehead atoms. The first-order valence-electron chi connectivity index (χ1n) is 5.62. The van der Waals surface area contributed by atoms with Gasteiger partial charge in [0.2, 0.25) is 0 Å². The molecule has 1 aliphatic heterocycles. The largest absolute Gasteiger partial charge is 0.333 e. The van der Waals surface area contributed by atoms with Gasteiger partial charge in [0.05, 0.1) is 11.7 Å². The molecule has 1 aromatic rings. The molecule has 0 aromatic carbocycles. The molecule has 2 heterocycles. The number of hydrogen-bond acceptors (Lipinski definition) is 3. The highest BCUT2D eigenvalue weighted by Gasteiger charge is 2.44. The van der Waals surface area contributed by atoms with E-state index in [9.17, 15) is 9.18 Å². The van der Waals surface area contributed by atoms with E-state index in [1.807, 2.05) is 13.8 Å². The van der Waals surface area contributed by atoms with E-state index in [1.165, 1.54) is 12.1 Å². The first kappa shape index (κ1) is 12.0. The topological polar surface area (TPSA) is 59.2 Å². The van der Waals surface area contributed by atoms with E-state index < -0.39 is 5.82 Å². The van der Waals surface area contributed by atoms with Gasteiger partial charge in [0, 0.05) is 13.1 Å². The Morgan fingerprint density at radius 3 is 2.65 bits per heavy atom. The van der Waals surface area contributed by atoms with E-state index in [-0.39, 0.29) is 17.1 Å². The van der Waals surface area contributed by atoms with Crippen molar-refractivity contribution in [3.63, 3.8) is 0 Å². The molecule has 1 aliphatic rings.